The highest BCUT2D eigenvalue weighted by molar-refractivity contribution is 7.47. The van der Waals surface area contributed by atoms with E-state index in [-0.39, 0.29) is 25.7 Å². The van der Waals surface area contributed by atoms with Crippen molar-refractivity contribution < 1.29 is 80.2 Å². The Hall–Kier alpha value is -1.94. The fourth-order valence-electron chi connectivity index (χ4n) is 10.3. The number of aliphatic hydroxyl groups excluding tert-OH is 1. The molecule has 0 bridgehead atoms. The Labute approximate surface area is 537 Å². The van der Waals surface area contributed by atoms with Gasteiger partial charge in [0.2, 0.25) is 0 Å². The van der Waals surface area contributed by atoms with Gasteiger partial charge in [0.25, 0.3) is 0 Å². The Kier molecular flexibility index (Phi) is 57.6. The van der Waals surface area contributed by atoms with E-state index in [4.69, 9.17) is 37.0 Å². The predicted octanol–water partition coefficient (Wildman–Crippen LogP) is 19.3. The van der Waals surface area contributed by atoms with Crippen LogP contribution in [-0.2, 0) is 65.4 Å². The molecule has 522 valence electrons. The van der Waals surface area contributed by atoms with E-state index in [1.165, 1.54) is 128 Å². The molecule has 0 heterocycles. The van der Waals surface area contributed by atoms with Gasteiger partial charge in [0.1, 0.15) is 19.3 Å². The van der Waals surface area contributed by atoms with Gasteiger partial charge in [-0.05, 0) is 49.4 Å². The minimum absolute atomic E-state index is 0.104. The number of hydrogen-bond donors (Lipinski definition) is 3. The molecule has 6 atom stereocenters. The second-order valence-electron chi connectivity index (χ2n) is 26.6. The zero-order chi connectivity index (χ0) is 65.4. The van der Waals surface area contributed by atoms with Gasteiger partial charge in [-0.1, -0.05) is 287 Å². The second kappa shape index (κ2) is 58.8. The lowest BCUT2D eigenvalue weighted by molar-refractivity contribution is -0.161. The normalized spacial score (nSPS) is 14.6. The number of carbonyl (C=O) groups is 4. The molecule has 3 unspecified atom stereocenters. The number of phosphoric ester groups is 2. The molecule has 0 saturated carbocycles. The highest BCUT2D eigenvalue weighted by Gasteiger charge is 2.30. The lowest BCUT2D eigenvalue weighted by Crippen LogP contribution is -2.30. The van der Waals surface area contributed by atoms with Crippen LogP contribution in [-0.4, -0.2) is 96.7 Å². The molecule has 0 aliphatic heterocycles. The van der Waals surface area contributed by atoms with Crippen LogP contribution in [0.15, 0.2) is 0 Å². The van der Waals surface area contributed by atoms with Crippen LogP contribution < -0.4 is 0 Å². The van der Waals surface area contributed by atoms with Crippen LogP contribution in [0.1, 0.15) is 338 Å². The Morgan fingerprint density at radius 1 is 0.318 bits per heavy atom. The van der Waals surface area contributed by atoms with Crippen LogP contribution in [0.2, 0.25) is 0 Å². The van der Waals surface area contributed by atoms with E-state index in [1.54, 1.807) is 0 Å². The molecule has 0 radical (unpaired) electrons. The summed E-state index contributed by atoms with van der Waals surface area (Å²) in [6.45, 7) is 14.0. The van der Waals surface area contributed by atoms with Gasteiger partial charge in [-0.3, -0.25) is 37.3 Å². The second-order valence-corrected chi connectivity index (χ2v) is 29.5. The zero-order valence-electron chi connectivity index (χ0n) is 57.3. The molecule has 0 aliphatic carbocycles. The molecule has 0 rings (SSSR count). The van der Waals surface area contributed by atoms with Crippen molar-refractivity contribution in [3.63, 3.8) is 0 Å². The van der Waals surface area contributed by atoms with Gasteiger partial charge in [-0.2, -0.15) is 0 Å². The summed E-state index contributed by atoms with van der Waals surface area (Å²) < 4.78 is 68.1. The molecule has 88 heavy (non-hydrogen) atoms. The van der Waals surface area contributed by atoms with E-state index < -0.39 is 97.5 Å². The maximum absolute atomic E-state index is 13.0. The van der Waals surface area contributed by atoms with Crippen LogP contribution in [0.4, 0.5) is 0 Å². The summed E-state index contributed by atoms with van der Waals surface area (Å²) in [4.78, 5) is 72.4. The van der Waals surface area contributed by atoms with Gasteiger partial charge in [0.05, 0.1) is 26.4 Å². The number of phosphoric acid groups is 2. The van der Waals surface area contributed by atoms with Crippen LogP contribution >= 0.6 is 15.6 Å². The molecule has 0 saturated heterocycles. The van der Waals surface area contributed by atoms with Gasteiger partial charge in [0, 0.05) is 25.7 Å². The van der Waals surface area contributed by atoms with Gasteiger partial charge in [0.15, 0.2) is 12.2 Å². The number of rotatable bonds is 66. The van der Waals surface area contributed by atoms with Crippen molar-refractivity contribution in [1.82, 2.24) is 0 Å². The Balaban J connectivity index is 5.20. The number of aliphatic hydroxyl groups is 1. The number of carbonyl (C=O) groups excluding carboxylic acids is 4. The van der Waals surface area contributed by atoms with Gasteiger partial charge < -0.3 is 33.8 Å². The van der Waals surface area contributed by atoms with E-state index in [0.717, 1.165) is 115 Å². The highest BCUT2D eigenvalue weighted by atomic mass is 31.2. The Morgan fingerprint density at radius 2 is 0.545 bits per heavy atom. The molecular weight excluding hydrogens is 1160 g/mol. The van der Waals surface area contributed by atoms with E-state index in [2.05, 4.69) is 55.4 Å². The topological polar surface area (TPSA) is 237 Å². The van der Waals surface area contributed by atoms with Crippen molar-refractivity contribution >= 4 is 39.5 Å². The standard InChI is InChI=1S/C69H134O17P2/c1-9-62(8)48-40-32-22-18-14-12-10-11-13-15-19-23-35-43-51-68(73)85-64(55-79-66(71)49-41-33-27-25-30-38-46-60(4)5)57-83-87(75,76)81-53-63(70)54-82-88(77,78)84-58-65(56-80-67(72)50-42-34-28-26-31-39-47-61(6)7)86-69(74)52-44-36-24-20-16-17-21-29-37-45-59(2)3/h59-65,70H,9-58H2,1-8H3,(H,75,76)(H,77,78)/t62?,63-,64+,65+/m0/s1. The number of unbranched alkanes of at least 4 members (excludes halogenated alkanes) is 31. The van der Waals surface area contributed by atoms with E-state index >= 15 is 0 Å². The van der Waals surface area contributed by atoms with Crippen LogP contribution in [0.5, 0.6) is 0 Å². The average Bonchev–Trinajstić information content (AvgIpc) is 3.50. The minimum Gasteiger partial charge on any atom is -0.462 e. The highest BCUT2D eigenvalue weighted by Crippen LogP contribution is 2.45. The summed E-state index contributed by atoms with van der Waals surface area (Å²) in [5.41, 5.74) is 0. The molecule has 0 aromatic carbocycles. The molecular formula is C69H134O17P2. The maximum Gasteiger partial charge on any atom is 0.472 e. The van der Waals surface area contributed by atoms with Crippen molar-refractivity contribution in [2.45, 2.75) is 356 Å². The van der Waals surface area contributed by atoms with Crippen molar-refractivity contribution in [3.8, 4) is 0 Å². The van der Waals surface area contributed by atoms with Crippen molar-refractivity contribution in [2.24, 2.45) is 23.7 Å². The number of ether oxygens (including phenoxy) is 4. The van der Waals surface area contributed by atoms with E-state index in [0.29, 0.717) is 37.5 Å². The van der Waals surface area contributed by atoms with Crippen LogP contribution in [0.3, 0.4) is 0 Å². The van der Waals surface area contributed by atoms with Gasteiger partial charge in [-0.25, -0.2) is 9.13 Å². The van der Waals surface area contributed by atoms with Crippen LogP contribution in [0, 0.1) is 23.7 Å². The zero-order valence-corrected chi connectivity index (χ0v) is 59.1. The fourth-order valence-corrected chi connectivity index (χ4v) is 11.9. The molecule has 0 aliphatic rings. The van der Waals surface area contributed by atoms with Crippen molar-refractivity contribution in [3.05, 3.63) is 0 Å². The van der Waals surface area contributed by atoms with Gasteiger partial charge >= 0.3 is 39.5 Å². The molecule has 19 heteroatoms. The molecule has 0 aromatic heterocycles. The smallest absolute Gasteiger partial charge is 0.462 e. The summed E-state index contributed by atoms with van der Waals surface area (Å²) in [6, 6.07) is 0. The summed E-state index contributed by atoms with van der Waals surface area (Å²) in [5.74, 6) is 0.806. The number of esters is 4. The summed E-state index contributed by atoms with van der Waals surface area (Å²) in [5, 5.41) is 10.6. The van der Waals surface area contributed by atoms with Crippen molar-refractivity contribution in [1.29, 1.82) is 0 Å². The maximum atomic E-state index is 13.0. The van der Waals surface area contributed by atoms with Crippen molar-refractivity contribution in [2.75, 3.05) is 39.6 Å². The molecule has 17 nitrogen and oxygen atoms in total. The fraction of sp³-hybridized carbons (Fsp3) is 0.942. The summed E-state index contributed by atoms with van der Waals surface area (Å²) >= 11 is 0. The summed E-state index contributed by atoms with van der Waals surface area (Å²) in [7, 11) is -9.90. The third kappa shape index (κ3) is 61.6. The molecule has 0 fully saturated rings. The first-order chi connectivity index (χ1) is 42.1. The molecule has 0 amide bonds. The molecule has 0 aromatic rings. The number of hydrogen-bond acceptors (Lipinski definition) is 15. The Morgan fingerprint density at radius 3 is 0.807 bits per heavy atom. The summed E-state index contributed by atoms with van der Waals surface area (Å²) in [6.07, 6.45) is 40.6. The SMILES string of the molecule is CCC(C)CCCCCCCCCCCCCCCCC(=O)O[C@H](COC(=O)CCCCCCCCC(C)C)COP(=O)(O)OC[C@H](O)COP(=O)(O)OC[C@@H](COC(=O)CCCCCCCCC(C)C)OC(=O)CCCCCCCCCCCC(C)C. The first-order valence-electron chi connectivity index (χ1n) is 35.7. The lowest BCUT2D eigenvalue weighted by atomic mass is 9.99. The Bertz CT molecular complexity index is 1750. The van der Waals surface area contributed by atoms with Gasteiger partial charge in [-0.15, -0.1) is 0 Å². The largest absolute Gasteiger partial charge is 0.472 e. The third-order valence-corrected chi connectivity index (χ3v) is 18.1. The molecule has 3 N–H and O–H groups in total. The van der Waals surface area contributed by atoms with E-state index in [9.17, 15) is 43.2 Å². The first kappa shape index (κ1) is 86.1. The first-order valence-corrected chi connectivity index (χ1v) is 38.7. The third-order valence-electron chi connectivity index (χ3n) is 16.2. The minimum atomic E-state index is -4.95. The average molecular weight is 1300 g/mol. The monoisotopic (exact) mass is 1300 g/mol. The quantitative estimate of drug-likeness (QED) is 0.0222. The predicted molar refractivity (Wildman–Crippen MR) is 354 cm³/mol. The van der Waals surface area contributed by atoms with E-state index in [1.807, 2.05) is 0 Å². The molecule has 0 spiro atoms. The van der Waals surface area contributed by atoms with Crippen LogP contribution in [0.25, 0.3) is 0 Å². The lowest BCUT2D eigenvalue weighted by Gasteiger charge is -2.21.